The van der Waals surface area contributed by atoms with Gasteiger partial charge in [-0.05, 0) is 6.42 Å². The zero-order valence-electron chi connectivity index (χ0n) is 12.7. The van der Waals surface area contributed by atoms with E-state index < -0.39 is 37.1 Å². The van der Waals surface area contributed by atoms with Crippen molar-refractivity contribution < 1.29 is 30.3 Å². The lowest BCUT2D eigenvalue weighted by atomic mass is 10.0. The number of hydrogen-bond donors (Lipinski definition) is 6. The molecule has 0 saturated carbocycles. The molecule has 0 fully saturated rings. The number of hydrogen-bond acceptors (Lipinski definition) is 6. The Bertz CT molecular complexity index is 310. The largest absolute Gasteiger partial charge is 0.394 e. The van der Waals surface area contributed by atoms with E-state index in [9.17, 15) is 25.2 Å². The summed E-state index contributed by atoms with van der Waals surface area (Å²) < 4.78 is 0. The summed E-state index contributed by atoms with van der Waals surface area (Å²) in [6, 6.07) is -0.433. The van der Waals surface area contributed by atoms with Gasteiger partial charge in [0.2, 0.25) is 0 Å². The Balaban J connectivity index is 4.64. The van der Waals surface area contributed by atoms with Gasteiger partial charge in [0, 0.05) is 19.0 Å². The van der Waals surface area contributed by atoms with Crippen LogP contribution < -0.4 is 5.32 Å². The zero-order valence-corrected chi connectivity index (χ0v) is 13.5. The number of aliphatic hydroxyl groups excluding tert-OH is 5. The zero-order chi connectivity index (χ0) is 17.1. The summed E-state index contributed by atoms with van der Waals surface area (Å²) in [4.78, 5) is 13.2. The van der Waals surface area contributed by atoms with Crippen molar-refractivity contribution >= 4 is 17.6 Å². The number of halogens is 1. The van der Waals surface area contributed by atoms with E-state index in [-0.39, 0.29) is 19.0 Å². The van der Waals surface area contributed by atoms with Gasteiger partial charge in [-0.1, -0.05) is 13.3 Å². The maximum atomic E-state index is 11.9. The molecule has 0 spiro atoms. The predicted octanol–water partition coefficient (Wildman–Crippen LogP) is -1.53. The van der Waals surface area contributed by atoms with Crippen molar-refractivity contribution in [2.45, 2.75) is 44.2 Å². The normalized spacial score (nSPS) is 16.7. The van der Waals surface area contributed by atoms with E-state index in [0.717, 1.165) is 6.42 Å². The van der Waals surface area contributed by atoms with Crippen molar-refractivity contribution in [3.63, 3.8) is 0 Å². The van der Waals surface area contributed by atoms with Crippen LogP contribution in [0.4, 0.5) is 4.79 Å². The molecule has 0 aromatic carbocycles. The summed E-state index contributed by atoms with van der Waals surface area (Å²) >= 11 is 5.50. The molecule has 0 radical (unpaired) electrons. The predicted molar refractivity (Wildman–Crippen MR) is 81.7 cm³/mol. The minimum absolute atomic E-state index is 0.218. The molecule has 0 aromatic rings. The van der Waals surface area contributed by atoms with Crippen LogP contribution in [-0.2, 0) is 0 Å². The molecule has 132 valence electrons. The third kappa shape index (κ3) is 7.57. The van der Waals surface area contributed by atoms with E-state index in [1.54, 1.807) is 0 Å². The van der Waals surface area contributed by atoms with Gasteiger partial charge in [0.05, 0.1) is 13.2 Å². The van der Waals surface area contributed by atoms with Gasteiger partial charge < -0.3 is 35.7 Å². The van der Waals surface area contributed by atoms with Crippen LogP contribution in [0.2, 0.25) is 0 Å². The summed E-state index contributed by atoms with van der Waals surface area (Å²) in [5.74, 6) is 0.250. The molecule has 0 rings (SSSR count). The number of carbonyl (C=O) groups is 1. The minimum Gasteiger partial charge on any atom is -0.394 e. The highest BCUT2D eigenvalue weighted by Crippen LogP contribution is 2.08. The number of carbonyl (C=O) groups excluding carboxylic acids is 1. The first-order valence-corrected chi connectivity index (χ1v) is 7.84. The summed E-state index contributed by atoms with van der Waals surface area (Å²) in [5.41, 5.74) is 0. The van der Waals surface area contributed by atoms with Gasteiger partial charge in [0.25, 0.3) is 0 Å². The molecule has 6 N–H and O–H groups in total. The maximum absolute atomic E-state index is 11.9. The number of rotatable bonds is 11. The Morgan fingerprint density at radius 3 is 2.27 bits per heavy atom. The number of amides is 2. The number of unbranched alkanes of at least 4 members (excludes halogenated alkanes) is 1. The van der Waals surface area contributed by atoms with E-state index in [1.807, 2.05) is 6.92 Å². The number of urea groups is 1. The van der Waals surface area contributed by atoms with Crippen LogP contribution in [0.5, 0.6) is 0 Å². The molecule has 0 aliphatic rings. The third-order valence-electron chi connectivity index (χ3n) is 3.17. The smallest absolute Gasteiger partial charge is 0.317 e. The minimum atomic E-state index is -1.71. The van der Waals surface area contributed by atoms with Crippen molar-refractivity contribution in [3.8, 4) is 0 Å². The molecule has 9 heteroatoms. The van der Waals surface area contributed by atoms with Crippen LogP contribution in [0.3, 0.4) is 0 Å². The fraction of sp³-hybridized carbons (Fsp3) is 0.923. The average molecular weight is 343 g/mol. The molecular weight excluding hydrogens is 316 g/mol. The van der Waals surface area contributed by atoms with Crippen LogP contribution in [0.25, 0.3) is 0 Å². The fourth-order valence-corrected chi connectivity index (χ4v) is 1.88. The first-order valence-electron chi connectivity index (χ1n) is 7.30. The third-order valence-corrected chi connectivity index (χ3v) is 3.36. The van der Waals surface area contributed by atoms with E-state index in [1.165, 1.54) is 4.90 Å². The SMILES string of the molecule is CCCCN(C[C@H](O)[C@@H](O)[C@H](O)[C@H](O)CO)C(=O)NCCCl. The molecule has 0 bridgehead atoms. The number of nitrogens with zero attached hydrogens (tertiary/aromatic N) is 1. The Morgan fingerprint density at radius 1 is 1.18 bits per heavy atom. The summed E-state index contributed by atoms with van der Waals surface area (Å²) in [6.07, 6.45) is -4.89. The quantitative estimate of drug-likeness (QED) is 0.252. The molecule has 0 aliphatic carbocycles. The van der Waals surface area contributed by atoms with Crippen LogP contribution in [0, 0.1) is 0 Å². The summed E-state index contributed by atoms with van der Waals surface area (Å²) in [5, 5.41) is 49.8. The number of alkyl halides is 1. The molecular formula is C13H27ClN2O6. The van der Waals surface area contributed by atoms with Gasteiger partial charge in [-0.2, -0.15) is 0 Å². The van der Waals surface area contributed by atoms with Gasteiger partial charge in [0.15, 0.2) is 0 Å². The standard InChI is InChI=1S/C13H27ClN2O6/c1-2-3-6-16(13(22)15-5-4-14)7-9(18)11(20)12(21)10(19)8-17/h9-12,17-21H,2-8H2,1H3,(H,15,22)/t9-,10+,11+,12+/m0/s1. The number of aliphatic hydroxyl groups is 5. The van der Waals surface area contributed by atoms with E-state index in [4.69, 9.17) is 16.7 Å². The van der Waals surface area contributed by atoms with Crippen LogP contribution in [-0.4, -0.2) is 93.0 Å². The molecule has 22 heavy (non-hydrogen) atoms. The summed E-state index contributed by atoms with van der Waals surface area (Å²) in [7, 11) is 0. The highest BCUT2D eigenvalue weighted by atomic mass is 35.5. The van der Waals surface area contributed by atoms with Crippen LogP contribution in [0.1, 0.15) is 19.8 Å². The molecule has 0 aliphatic heterocycles. The molecule has 2 amide bonds. The van der Waals surface area contributed by atoms with Crippen molar-refractivity contribution in [3.05, 3.63) is 0 Å². The topological polar surface area (TPSA) is 133 Å². The fourth-order valence-electron chi connectivity index (χ4n) is 1.79. The molecule has 0 aromatic heterocycles. The second-order valence-electron chi connectivity index (χ2n) is 5.02. The first kappa shape index (κ1) is 21.4. The highest BCUT2D eigenvalue weighted by molar-refractivity contribution is 6.18. The average Bonchev–Trinajstić information content (AvgIpc) is 2.53. The lowest BCUT2D eigenvalue weighted by Crippen LogP contribution is -2.52. The van der Waals surface area contributed by atoms with Gasteiger partial charge in [0.1, 0.15) is 24.4 Å². The van der Waals surface area contributed by atoms with Gasteiger partial charge >= 0.3 is 6.03 Å². The van der Waals surface area contributed by atoms with Gasteiger partial charge in [-0.15, -0.1) is 11.6 Å². The molecule has 0 unspecified atom stereocenters. The van der Waals surface area contributed by atoms with Gasteiger partial charge in [-0.3, -0.25) is 0 Å². The van der Waals surface area contributed by atoms with Crippen molar-refractivity contribution in [1.29, 1.82) is 0 Å². The van der Waals surface area contributed by atoms with E-state index in [0.29, 0.717) is 13.0 Å². The second-order valence-corrected chi connectivity index (χ2v) is 5.40. The summed E-state index contributed by atoms with van der Waals surface area (Å²) in [6.45, 7) is 1.62. The number of nitrogens with one attached hydrogen (secondary N) is 1. The monoisotopic (exact) mass is 342 g/mol. The van der Waals surface area contributed by atoms with Crippen molar-refractivity contribution in [2.75, 3.05) is 32.1 Å². The van der Waals surface area contributed by atoms with Crippen LogP contribution in [0.15, 0.2) is 0 Å². The maximum Gasteiger partial charge on any atom is 0.317 e. The Labute approximate surface area is 135 Å². The Kier molecular flexibility index (Phi) is 11.5. The van der Waals surface area contributed by atoms with E-state index in [2.05, 4.69) is 5.32 Å². The second kappa shape index (κ2) is 11.9. The van der Waals surface area contributed by atoms with Gasteiger partial charge in [-0.25, -0.2) is 4.79 Å². The van der Waals surface area contributed by atoms with Crippen molar-refractivity contribution in [1.82, 2.24) is 10.2 Å². The Morgan fingerprint density at radius 2 is 1.77 bits per heavy atom. The molecule has 4 atom stereocenters. The lowest BCUT2D eigenvalue weighted by Gasteiger charge is -2.30. The van der Waals surface area contributed by atoms with E-state index >= 15 is 0 Å². The van der Waals surface area contributed by atoms with Crippen LogP contribution >= 0.6 is 11.6 Å². The highest BCUT2D eigenvalue weighted by Gasteiger charge is 2.31. The van der Waals surface area contributed by atoms with Crippen molar-refractivity contribution in [2.24, 2.45) is 0 Å². The molecule has 0 saturated heterocycles. The molecule has 8 nitrogen and oxygen atoms in total. The first-order chi connectivity index (χ1) is 10.4. The lowest BCUT2D eigenvalue weighted by molar-refractivity contribution is -0.117. The Hall–Kier alpha value is -0.640. The molecule has 0 heterocycles.